The quantitative estimate of drug-likeness (QED) is 0.757. The summed E-state index contributed by atoms with van der Waals surface area (Å²) in [6, 6.07) is 4.14. The van der Waals surface area contributed by atoms with Crippen molar-refractivity contribution >= 4 is 21.9 Å². The summed E-state index contributed by atoms with van der Waals surface area (Å²) in [6.45, 7) is 8.81. The maximum Gasteiger partial charge on any atom is 0.182 e. The Morgan fingerprint density at radius 3 is 2.79 bits per heavy atom. The van der Waals surface area contributed by atoms with Crippen LogP contribution in [0.2, 0.25) is 0 Å². The Hall–Kier alpha value is -2.18. The minimum Gasteiger partial charge on any atom is -0.497 e. The molecule has 1 fully saturated rings. The highest BCUT2D eigenvalue weighted by Crippen LogP contribution is 2.31. The van der Waals surface area contributed by atoms with Crippen molar-refractivity contribution in [3.05, 3.63) is 29.0 Å². The molecule has 6 nitrogen and oxygen atoms in total. The Morgan fingerprint density at radius 1 is 1.25 bits per heavy atom. The number of benzene rings is 1. The van der Waals surface area contributed by atoms with Gasteiger partial charge in [-0.25, -0.2) is 4.98 Å². The average molecular weight is 327 g/mol. The first-order valence-corrected chi connectivity index (χ1v) is 8.40. The van der Waals surface area contributed by atoms with E-state index in [9.17, 15) is 0 Å². The number of morpholine rings is 1. The molecule has 4 rings (SSSR count). The number of ether oxygens (including phenoxy) is 2. The minimum absolute atomic E-state index is 0.802. The van der Waals surface area contributed by atoms with Gasteiger partial charge < -0.3 is 14.4 Å². The van der Waals surface area contributed by atoms with E-state index in [4.69, 9.17) is 14.5 Å². The van der Waals surface area contributed by atoms with Gasteiger partial charge in [-0.3, -0.25) is 5.10 Å². The first kappa shape index (κ1) is 15.4. The number of quaternary nitrogens is 1. The van der Waals surface area contributed by atoms with Crippen LogP contribution in [0.5, 0.6) is 5.75 Å². The fraction of sp³-hybridized carbons (Fsp3) is 0.444. The maximum absolute atomic E-state index is 5.51. The zero-order valence-corrected chi connectivity index (χ0v) is 14.4. The normalized spacial score (nSPS) is 16.1. The SMILES string of the molecule is COc1cc(C)c2nc3n[nH]c(C)c3c(C[NH+]3CCOCC3)c2c1. The van der Waals surface area contributed by atoms with Crippen LogP contribution in [-0.4, -0.2) is 48.6 Å². The van der Waals surface area contributed by atoms with Crippen molar-refractivity contribution < 1.29 is 14.4 Å². The van der Waals surface area contributed by atoms with Crippen molar-refractivity contribution in [2.45, 2.75) is 20.4 Å². The number of nitrogens with zero attached hydrogens (tertiary/aromatic N) is 2. The molecule has 0 spiro atoms. The number of aromatic amines is 1. The number of rotatable bonds is 3. The van der Waals surface area contributed by atoms with E-state index in [1.165, 1.54) is 15.8 Å². The maximum atomic E-state index is 5.51. The van der Waals surface area contributed by atoms with E-state index in [0.717, 1.165) is 66.4 Å². The first-order valence-electron chi connectivity index (χ1n) is 8.40. The predicted molar refractivity (Wildman–Crippen MR) is 92.6 cm³/mol. The summed E-state index contributed by atoms with van der Waals surface area (Å²) in [5.74, 6) is 0.875. The summed E-state index contributed by atoms with van der Waals surface area (Å²) in [4.78, 5) is 6.33. The standard InChI is InChI=1S/C18H22N4O2/c1-11-8-13(23-3)9-14-15(10-22-4-6-24-7-5-22)16-12(2)20-21-18(16)19-17(11)14/h8-9H,4-7,10H2,1-3H3,(H,19,20,21)/p+1. The smallest absolute Gasteiger partial charge is 0.182 e. The Balaban J connectivity index is 1.96. The van der Waals surface area contributed by atoms with Gasteiger partial charge in [-0.05, 0) is 31.5 Å². The fourth-order valence-corrected chi connectivity index (χ4v) is 3.61. The van der Waals surface area contributed by atoms with Crippen molar-refractivity contribution in [3.8, 4) is 5.75 Å². The van der Waals surface area contributed by atoms with Crippen LogP contribution in [0.15, 0.2) is 12.1 Å². The zero-order valence-electron chi connectivity index (χ0n) is 14.4. The van der Waals surface area contributed by atoms with Gasteiger partial charge in [0.05, 0.1) is 31.2 Å². The number of H-pyrrole nitrogens is 1. The van der Waals surface area contributed by atoms with Crippen molar-refractivity contribution in [1.29, 1.82) is 0 Å². The van der Waals surface area contributed by atoms with Crippen molar-refractivity contribution in [2.24, 2.45) is 0 Å². The average Bonchev–Trinajstić information content (AvgIpc) is 2.97. The second-order valence-corrected chi connectivity index (χ2v) is 6.52. The van der Waals surface area contributed by atoms with Crippen LogP contribution in [0.1, 0.15) is 16.8 Å². The molecular weight excluding hydrogens is 304 g/mol. The molecule has 2 aromatic heterocycles. The Kier molecular flexibility index (Phi) is 3.86. The lowest BCUT2D eigenvalue weighted by atomic mass is 10.0. The molecular formula is C18H23N4O2+. The molecule has 0 aliphatic carbocycles. The Bertz CT molecular complexity index is 897. The van der Waals surface area contributed by atoms with Crippen LogP contribution in [-0.2, 0) is 11.3 Å². The molecule has 2 N–H and O–H groups in total. The van der Waals surface area contributed by atoms with Gasteiger partial charge in [-0.1, -0.05) is 0 Å². The van der Waals surface area contributed by atoms with Crippen molar-refractivity contribution in [2.75, 3.05) is 33.4 Å². The van der Waals surface area contributed by atoms with Gasteiger partial charge in [0, 0.05) is 16.6 Å². The molecule has 6 heteroatoms. The molecule has 0 radical (unpaired) electrons. The van der Waals surface area contributed by atoms with Crippen molar-refractivity contribution in [3.63, 3.8) is 0 Å². The second kappa shape index (κ2) is 6.03. The molecule has 0 bridgehead atoms. The highest BCUT2D eigenvalue weighted by molar-refractivity contribution is 5.98. The highest BCUT2D eigenvalue weighted by atomic mass is 16.5. The molecule has 0 saturated carbocycles. The number of hydrogen-bond acceptors (Lipinski definition) is 4. The van der Waals surface area contributed by atoms with Crippen LogP contribution in [0.25, 0.3) is 21.9 Å². The Labute approximate surface area is 140 Å². The van der Waals surface area contributed by atoms with Crippen LogP contribution in [0.3, 0.4) is 0 Å². The van der Waals surface area contributed by atoms with Gasteiger partial charge in [0.2, 0.25) is 0 Å². The third kappa shape index (κ3) is 2.52. The largest absolute Gasteiger partial charge is 0.497 e. The van der Waals surface area contributed by atoms with Gasteiger partial charge in [-0.2, -0.15) is 5.10 Å². The monoisotopic (exact) mass is 327 g/mol. The molecule has 24 heavy (non-hydrogen) atoms. The van der Waals surface area contributed by atoms with Gasteiger partial charge in [0.15, 0.2) is 5.65 Å². The number of aromatic nitrogens is 3. The second-order valence-electron chi connectivity index (χ2n) is 6.52. The zero-order chi connectivity index (χ0) is 16.7. The van der Waals surface area contributed by atoms with Crippen LogP contribution in [0, 0.1) is 13.8 Å². The van der Waals surface area contributed by atoms with E-state index in [2.05, 4.69) is 30.1 Å². The third-order valence-electron chi connectivity index (χ3n) is 4.91. The summed E-state index contributed by atoms with van der Waals surface area (Å²) in [5.41, 5.74) is 5.31. The van der Waals surface area contributed by atoms with Crippen molar-refractivity contribution in [1.82, 2.24) is 15.2 Å². The van der Waals surface area contributed by atoms with E-state index >= 15 is 0 Å². The molecule has 1 aliphatic heterocycles. The number of pyridine rings is 1. The molecule has 0 amide bonds. The Morgan fingerprint density at radius 2 is 2.04 bits per heavy atom. The van der Waals surface area contributed by atoms with Crippen LogP contribution >= 0.6 is 0 Å². The number of aryl methyl sites for hydroxylation is 2. The van der Waals surface area contributed by atoms with Crippen LogP contribution in [0.4, 0.5) is 0 Å². The lowest BCUT2D eigenvalue weighted by Crippen LogP contribution is -3.12. The molecule has 1 aromatic carbocycles. The van der Waals surface area contributed by atoms with E-state index in [-0.39, 0.29) is 0 Å². The van der Waals surface area contributed by atoms with Crippen LogP contribution < -0.4 is 9.64 Å². The molecule has 0 unspecified atom stereocenters. The van der Waals surface area contributed by atoms with Gasteiger partial charge >= 0.3 is 0 Å². The molecule has 1 saturated heterocycles. The number of hydrogen-bond donors (Lipinski definition) is 2. The van der Waals surface area contributed by atoms with E-state index in [0.29, 0.717) is 0 Å². The van der Waals surface area contributed by atoms with Gasteiger partial charge in [0.1, 0.15) is 25.4 Å². The topological polar surface area (TPSA) is 64.5 Å². The van der Waals surface area contributed by atoms with Gasteiger partial charge in [-0.15, -0.1) is 0 Å². The fourth-order valence-electron chi connectivity index (χ4n) is 3.61. The summed E-state index contributed by atoms with van der Waals surface area (Å²) in [5, 5.41) is 9.82. The summed E-state index contributed by atoms with van der Waals surface area (Å²) >= 11 is 0. The molecule has 3 heterocycles. The minimum atomic E-state index is 0.802. The lowest BCUT2D eigenvalue weighted by molar-refractivity contribution is -0.921. The van der Waals surface area contributed by atoms with E-state index < -0.39 is 0 Å². The first-order chi connectivity index (χ1) is 11.7. The number of nitrogens with one attached hydrogen (secondary N) is 2. The predicted octanol–water partition coefficient (Wildman–Crippen LogP) is 1.15. The molecule has 126 valence electrons. The highest BCUT2D eigenvalue weighted by Gasteiger charge is 2.21. The molecule has 0 atom stereocenters. The van der Waals surface area contributed by atoms with Gasteiger partial charge in [0.25, 0.3) is 0 Å². The summed E-state index contributed by atoms with van der Waals surface area (Å²) in [7, 11) is 1.71. The lowest BCUT2D eigenvalue weighted by Gasteiger charge is -2.24. The summed E-state index contributed by atoms with van der Waals surface area (Å²) in [6.07, 6.45) is 0. The third-order valence-corrected chi connectivity index (χ3v) is 4.91. The number of methoxy groups -OCH3 is 1. The van der Waals surface area contributed by atoms with E-state index in [1.807, 2.05) is 6.07 Å². The number of fused-ring (bicyclic) bond motifs is 2. The molecule has 3 aromatic rings. The molecule has 1 aliphatic rings. The summed E-state index contributed by atoms with van der Waals surface area (Å²) < 4.78 is 11.0. The van der Waals surface area contributed by atoms with E-state index in [1.54, 1.807) is 7.11 Å².